The van der Waals surface area contributed by atoms with Crippen molar-refractivity contribution in [1.82, 2.24) is 9.88 Å². The van der Waals surface area contributed by atoms with Crippen LogP contribution in [0.25, 0.3) is 10.2 Å². The molecule has 1 aromatic heterocycles. The number of nitro benzene ring substituents is 1. The molecule has 0 aliphatic carbocycles. The predicted octanol–water partition coefficient (Wildman–Crippen LogP) is 4.72. The highest BCUT2D eigenvalue weighted by atomic mass is 32.2. The van der Waals surface area contributed by atoms with Crippen LogP contribution in [-0.4, -0.2) is 38.6 Å². The third-order valence-electron chi connectivity index (χ3n) is 4.30. The molecule has 0 radical (unpaired) electrons. The Bertz CT molecular complexity index is 753. The van der Waals surface area contributed by atoms with E-state index in [1.165, 1.54) is 35.2 Å². The Hall–Kier alpha value is -1.67. The first-order valence-corrected chi connectivity index (χ1v) is 10.2. The van der Waals surface area contributed by atoms with Crippen molar-refractivity contribution < 1.29 is 9.72 Å². The zero-order valence-corrected chi connectivity index (χ0v) is 16.5. The first-order valence-electron chi connectivity index (χ1n) is 8.36. The van der Waals surface area contributed by atoms with E-state index in [0.717, 1.165) is 27.4 Å². The van der Waals surface area contributed by atoms with Gasteiger partial charge in [0.2, 0.25) is 5.91 Å². The molecule has 1 heterocycles. The molecule has 0 fully saturated rings. The average molecular weight is 382 g/mol. The molecular weight excluding hydrogens is 358 g/mol. The summed E-state index contributed by atoms with van der Waals surface area (Å²) >= 11 is 2.79. The number of carbonyl (C=O) groups excluding carboxylic acids is 1. The molecule has 2 aromatic rings. The molecule has 1 aromatic carbocycles. The number of thiazole rings is 1. The molecule has 2 rings (SSSR count). The first-order chi connectivity index (χ1) is 11.9. The molecule has 1 amide bonds. The third kappa shape index (κ3) is 4.70. The van der Waals surface area contributed by atoms with E-state index in [9.17, 15) is 14.9 Å². The van der Waals surface area contributed by atoms with Crippen LogP contribution in [0.2, 0.25) is 0 Å². The quantitative estimate of drug-likeness (QED) is 0.375. The standard InChI is InChI=1S/C17H23N3O3S2/c1-5-11(3)19(12(4)6-2)16(21)10-24-17-18-14-8-7-13(20(22)23)9-15(14)25-17/h7-9,11-12H,5-6,10H2,1-4H3/t11-,12-/m1/s1. The summed E-state index contributed by atoms with van der Waals surface area (Å²) in [7, 11) is 0. The molecule has 136 valence electrons. The number of rotatable bonds is 8. The van der Waals surface area contributed by atoms with Crippen LogP contribution in [0.1, 0.15) is 40.5 Å². The Balaban J connectivity index is 2.10. The van der Waals surface area contributed by atoms with Gasteiger partial charge in [-0.2, -0.15) is 0 Å². The second-order valence-electron chi connectivity index (χ2n) is 5.99. The minimum atomic E-state index is -0.411. The van der Waals surface area contributed by atoms with Gasteiger partial charge in [0.15, 0.2) is 4.34 Å². The van der Waals surface area contributed by atoms with Gasteiger partial charge in [0.05, 0.1) is 20.9 Å². The monoisotopic (exact) mass is 381 g/mol. The van der Waals surface area contributed by atoms with E-state index < -0.39 is 4.92 Å². The maximum absolute atomic E-state index is 12.7. The van der Waals surface area contributed by atoms with Crippen LogP contribution in [0, 0.1) is 10.1 Å². The van der Waals surface area contributed by atoms with Gasteiger partial charge < -0.3 is 4.90 Å². The lowest BCUT2D eigenvalue weighted by Crippen LogP contribution is -2.45. The lowest BCUT2D eigenvalue weighted by molar-refractivity contribution is -0.384. The number of non-ortho nitro benzene ring substituents is 1. The number of nitrogens with zero attached hydrogens (tertiary/aromatic N) is 3. The van der Waals surface area contributed by atoms with E-state index in [4.69, 9.17) is 0 Å². The van der Waals surface area contributed by atoms with Crippen LogP contribution < -0.4 is 0 Å². The second-order valence-corrected chi connectivity index (χ2v) is 8.25. The summed E-state index contributed by atoms with van der Waals surface area (Å²) in [6.45, 7) is 8.32. The van der Waals surface area contributed by atoms with Crippen molar-refractivity contribution in [2.45, 2.75) is 57.0 Å². The molecular formula is C17H23N3O3S2. The van der Waals surface area contributed by atoms with Gasteiger partial charge in [0.1, 0.15) is 0 Å². The van der Waals surface area contributed by atoms with E-state index in [-0.39, 0.29) is 23.7 Å². The fourth-order valence-corrected chi connectivity index (χ4v) is 4.56. The van der Waals surface area contributed by atoms with Crippen LogP contribution in [0.4, 0.5) is 5.69 Å². The zero-order chi connectivity index (χ0) is 18.6. The first kappa shape index (κ1) is 19.7. The summed E-state index contributed by atoms with van der Waals surface area (Å²) in [6.07, 6.45) is 1.84. The fourth-order valence-electron chi connectivity index (χ4n) is 2.58. The fraction of sp³-hybridized carbons (Fsp3) is 0.529. The van der Waals surface area contributed by atoms with Crippen molar-refractivity contribution in [3.63, 3.8) is 0 Å². The molecule has 0 N–H and O–H groups in total. The highest BCUT2D eigenvalue weighted by Gasteiger charge is 2.23. The third-order valence-corrected chi connectivity index (χ3v) is 6.45. The van der Waals surface area contributed by atoms with Crippen molar-refractivity contribution in [1.29, 1.82) is 0 Å². The number of hydrogen-bond acceptors (Lipinski definition) is 6. The largest absolute Gasteiger partial charge is 0.337 e. The lowest BCUT2D eigenvalue weighted by atomic mass is 10.1. The molecule has 0 aliphatic heterocycles. The van der Waals surface area contributed by atoms with E-state index >= 15 is 0 Å². The van der Waals surface area contributed by atoms with Crippen molar-refractivity contribution in [3.05, 3.63) is 28.3 Å². The van der Waals surface area contributed by atoms with Crippen molar-refractivity contribution in [3.8, 4) is 0 Å². The lowest BCUT2D eigenvalue weighted by Gasteiger charge is -2.33. The highest BCUT2D eigenvalue weighted by molar-refractivity contribution is 8.01. The molecule has 2 atom stereocenters. The average Bonchev–Trinajstić information content (AvgIpc) is 3.01. The normalized spacial score (nSPS) is 13.6. The number of nitro groups is 1. The Morgan fingerprint density at radius 2 is 1.96 bits per heavy atom. The Labute approximate surface area is 155 Å². The van der Waals surface area contributed by atoms with Crippen LogP contribution >= 0.6 is 23.1 Å². The zero-order valence-electron chi connectivity index (χ0n) is 14.9. The number of amides is 1. The summed E-state index contributed by atoms with van der Waals surface area (Å²) < 4.78 is 1.53. The Morgan fingerprint density at radius 3 is 2.52 bits per heavy atom. The van der Waals surface area contributed by atoms with E-state index in [1.807, 2.05) is 4.90 Å². The Morgan fingerprint density at radius 1 is 1.32 bits per heavy atom. The van der Waals surface area contributed by atoms with Gasteiger partial charge in [-0.25, -0.2) is 4.98 Å². The smallest absolute Gasteiger partial charge is 0.270 e. The maximum Gasteiger partial charge on any atom is 0.270 e. The summed E-state index contributed by atoms with van der Waals surface area (Å²) in [6, 6.07) is 5.06. The van der Waals surface area contributed by atoms with E-state index in [2.05, 4.69) is 32.7 Å². The minimum absolute atomic E-state index is 0.0588. The molecule has 0 aliphatic rings. The molecule has 0 saturated heterocycles. The van der Waals surface area contributed by atoms with Gasteiger partial charge in [0.25, 0.3) is 5.69 Å². The van der Waals surface area contributed by atoms with Crippen LogP contribution in [0.3, 0.4) is 0 Å². The van der Waals surface area contributed by atoms with Crippen LogP contribution in [-0.2, 0) is 4.79 Å². The summed E-state index contributed by atoms with van der Waals surface area (Å²) in [5.41, 5.74) is 0.787. The molecule has 25 heavy (non-hydrogen) atoms. The van der Waals surface area contributed by atoms with Gasteiger partial charge in [-0.15, -0.1) is 11.3 Å². The van der Waals surface area contributed by atoms with E-state index in [1.54, 1.807) is 6.07 Å². The van der Waals surface area contributed by atoms with Gasteiger partial charge in [-0.05, 0) is 32.8 Å². The van der Waals surface area contributed by atoms with Crippen molar-refractivity contribution >= 4 is 44.9 Å². The molecule has 0 unspecified atom stereocenters. The van der Waals surface area contributed by atoms with Gasteiger partial charge in [0, 0.05) is 24.2 Å². The van der Waals surface area contributed by atoms with Crippen molar-refractivity contribution in [2.24, 2.45) is 0 Å². The number of hydrogen-bond donors (Lipinski definition) is 0. The van der Waals surface area contributed by atoms with Gasteiger partial charge in [-0.3, -0.25) is 14.9 Å². The number of aromatic nitrogens is 1. The SMILES string of the molecule is CC[C@@H](C)N(C(=O)CSc1nc2ccc([N+](=O)[O-])cc2s1)[C@H](C)CC. The topological polar surface area (TPSA) is 76.3 Å². The van der Waals surface area contributed by atoms with Crippen molar-refractivity contribution in [2.75, 3.05) is 5.75 Å². The Kier molecular flexibility index (Phi) is 6.78. The number of carbonyl (C=O) groups is 1. The van der Waals surface area contributed by atoms with Gasteiger partial charge in [-0.1, -0.05) is 25.6 Å². The number of fused-ring (bicyclic) bond motifs is 1. The maximum atomic E-state index is 12.7. The minimum Gasteiger partial charge on any atom is -0.337 e. The molecule has 8 heteroatoms. The van der Waals surface area contributed by atoms with Gasteiger partial charge >= 0.3 is 0 Å². The predicted molar refractivity (Wildman–Crippen MR) is 103 cm³/mol. The molecule has 6 nitrogen and oxygen atoms in total. The highest BCUT2D eigenvalue weighted by Crippen LogP contribution is 2.32. The summed E-state index contributed by atoms with van der Waals surface area (Å²) in [4.78, 5) is 29.5. The second kappa shape index (κ2) is 8.62. The number of thioether (sulfide) groups is 1. The number of benzene rings is 1. The van der Waals surface area contributed by atoms with Crippen LogP contribution in [0.5, 0.6) is 0 Å². The molecule has 0 saturated carbocycles. The molecule has 0 spiro atoms. The molecule has 0 bridgehead atoms. The summed E-state index contributed by atoms with van der Waals surface area (Å²) in [5, 5.41) is 10.9. The summed E-state index contributed by atoms with van der Waals surface area (Å²) in [5.74, 6) is 0.440. The van der Waals surface area contributed by atoms with Crippen LogP contribution in [0.15, 0.2) is 22.5 Å². The van der Waals surface area contributed by atoms with E-state index in [0.29, 0.717) is 5.75 Å².